The molecule has 0 aliphatic heterocycles. The topological polar surface area (TPSA) is 349 Å². The lowest BCUT2D eigenvalue weighted by Gasteiger charge is -2.24. The van der Waals surface area contributed by atoms with E-state index < -0.39 is 128 Å². The third-order valence-electron chi connectivity index (χ3n) is 9.79. The quantitative estimate of drug-likeness (QED) is 0.0375. The van der Waals surface area contributed by atoms with E-state index in [0.717, 1.165) is 0 Å². The largest absolute Gasteiger partial charge is 0.480 e. The number of carboxylic acids is 2. The lowest BCUT2D eigenvalue weighted by molar-refractivity contribution is -0.139. The van der Waals surface area contributed by atoms with Gasteiger partial charge in [-0.3, -0.25) is 52.7 Å². The van der Waals surface area contributed by atoms with Crippen LogP contribution < -0.4 is 52.2 Å². The number of hydrogen-bond acceptors (Lipinski definition) is 12. The van der Waals surface area contributed by atoms with Crippen molar-refractivity contribution in [1.29, 1.82) is 0 Å². The summed E-state index contributed by atoms with van der Waals surface area (Å²) in [6.45, 7) is 4.26. The van der Waals surface area contributed by atoms with Crippen LogP contribution in [0.2, 0.25) is 0 Å². The van der Waals surface area contributed by atoms with E-state index >= 15 is 0 Å². The Bertz CT molecular complexity index is 2080. The summed E-state index contributed by atoms with van der Waals surface area (Å²) in [5.74, 6) is -9.60. The molecule has 0 bridgehead atoms. The zero-order chi connectivity index (χ0) is 51.5. The predicted octanol–water partition coefficient (Wildman–Crippen LogP) is -1.70. The molecule has 23 nitrogen and oxygen atoms in total. The first-order valence-electron chi connectivity index (χ1n) is 22.1. The molecule has 0 saturated heterocycles. The summed E-state index contributed by atoms with van der Waals surface area (Å²) in [6.07, 6.45) is -0.450. The van der Waals surface area contributed by atoms with E-state index in [1.807, 2.05) is 0 Å². The molecule has 0 aliphatic carbocycles. The van der Waals surface area contributed by atoms with E-state index in [0.29, 0.717) is 11.1 Å². The summed E-state index contributed by atoms with van der Waals surface area (Å²) in [6, 6.07) is 11.1. The molecule has 2 aromatic rings. The van der Waals surface area contributed by atoms with E-state index in [9.17, 15) is 52.7 Å². The van der Waals surface area contributed by atoms with Gasteiger partial charge in [0.25, 0.3) is 0 Å². The van der Waals surface area contributed by atoms with Gasteiger partial charge in [-0.25, -0.2) is 4.34 Å². The monoisotopic (exact) mass is 1030 g/mol. The fourth-order valence-electron chi connectivity index (χ4n) is 6.54. The van der Waals surface area contributed by atoms with Gasteiger partial charge in [-0.05, 0) is 42.2 Å². The predicted molar refractivity (Wildman–Crippen MR) is 252 cm³/mol. The summed E-state index contributed by atoms with van der Waals surface area (Å²) >= 11 is 2.90. The van der Waals surface area contributed by atoms with Crippen molar-refractivity contribution < 1.29 is 63.0 Å². The molecular weight excluding hydrogens is 968 g/mol. The Balaban J connectivity index is 2.13. The summed E-state index contributed by atoms with van der Waals surface area (Å²) in [4.78, 5) is 140. The molecular formula is C45H63BrN10O13. The lowest BCUT2D eigenvalue weighted by Crippen LogP contribution is -2.56. The molecule has 0 radical (unpaired) electrons. The van der Waals surface area contributed by atoms with Crippen molar-refractivity contribution in [3.63, 3.8) is 0 Å². The zero-order valence-corrected chi connectivity index (χ0v) is 40.4. The van der Waals surface area contributed by atoms with Gasteiger partial charge in [0.2, 0.25) is 53.2 Å². The molecule has 0 spiro atoms. The average molecular weight is 1030 g/mol. The van der Waals surface area contributed by atoms with Crippen LogP contribution in [0.25, 0.3) is 0 Å². The number of halogens is 1. The number of carbonyl (C=O) groups is 11. The zero-order valence-electron chi connectivity index (χ0n) is 38.9. The van der Waals surface area contributed by atoms with Crippen LogP contribution in [0.1, 0.15) is 64.5 Å². The SMILES string of the molecule is CC(C)CC(NC(=O)C(Cc1ccccc1)NC(=O)CNC(=O)CCC(NC(=O)CNBr)C(=O)NCC(=O)NC(Cc1ccccc1)C(=O)NC(CC(C)C)C(=O)NCC(=O)O)C(=O)NCC(=O)O. The molecule has 24 heteroatoms. The first-order chi connectivity index (χ1) is 32.7. The van der Waals surface area contributed by atoms with Crippen molar-refractivity contribution in [1.82, 2.24) is 52.2 Å². The third kappa shape index (κ3) is 24.6. The standard InChI is InChI=1S/C45H63BrN10O13/c1-26(2)17-31(42(66)49-24-39(61)62)55-44(68)33(19-28-11-7-5-8-12-28)53-36(58)21-47-35(57)16-15-30(52-38(60)23-51-46)41(65)48-22-37(59)54-34(20-29-13-9-6-10-14-29)45(69)56-32(18-27(3)4)43(67)50-25-40(63)64/h5-14,26-27,30-34,51H,15-25H2,1-4H3,(H,47,57)(H,48,65)(H,49,66)(H,50,67)(H,52,60)(H,53,58)(H,54,59)(H,55,68)(H,56,69)(H,61,62)(H,63,64). The van der Waals surface area contributed by atoms with E-state index in [1.165, 1.54) is 0 Å². The highest BCUT2D eigenvalue weighted by atomic mass is 79.9. The van der Waals surface area contributed by atoms with Crippen LogP contribution in [-0.2, 0) is 65.6 Å². The number of carbonyl (C=O) groups excluding carboxylic acids is 9. The second-order valence-electron chi connectivity index (χ2n) is 16.7. The van der Waals surface area contributed by atoms with Crippen LogP contribution in [0.15, 0.2) is 60.7 Å². The van der Waals surface area contributed by atoms with Crippen molar-refractivity contribution in [2.45, 2.75) is 96.4 Å². The maximum absolute atomic E-state index is 13.6. The number of hydrogen-bond donors (Lipinski definition) is 12. The van der Waals surface area contributed by atoms with Crippen LogP contribution in [0.4, 0.5) is 0 Å². The maximum Gasteiger partial charge on any atom is 0.322 e. The molecule has 378 valence electrons. The smallest absolute Gasteiger partial charge is 0.322 e. The van der Waals surface area contributed by atoms with Gasteiger partial charge < -0.3 is 58.1 Å². The molecule has 0 aliphatic rings. The van der Waals surface area contributed by atoms with Crippen LogP contribution in [0, 0.1) is 11.8 Å². The minimum absolute atomic E-state index is 0.0101. The molecule has 0 saturated carbocycles. The fraction of sp³-hybridized carbons (Fsp3) is 0.489. The third-order valence-corrected chi connectivity index (χ3v) is 10.1. The molecule has 0 aromatic heterocycles. The maximum atomic E-state index is 13.6. The van der Waals surface area contributed by atoms with Gasteiger partial charge >= 0.3 is 11.9 Å². The van der Waals surface area contributed by atoms with Gasteiger partial charge in [-0.1, -0.05) is 88.4 Å². The second kappa shape index (κ2) is 31.2. The number of carboxylic acid groups (broad SMARTS) is 2. The van der Waals surface area contributed by atoms with Gasteiger partial charge in [0, 0.05) is 35.4 Å². The highest BCUT2D eigenvalue weighted by Crippen LogP contribution is 2.10. The second-order valence-corrected chi connectivity index (χ2v) is 17.2. The van der Waals surface area contributed by atoms with Gasteiger partial charge in [0.15, 0.2) is 0 Å². The van der Waals surface area contributed by atoms with Gasteiger partial charge in [0.05, 0.1) is 19.6 Å². The van der Waals surface area contributed by atoms with E-state index in [2.05, 4.69) is 68.3 Å². The van der Waals surface area contributed by atoms with E-state index in [1.54, 1.807) is 88.4 Å². The van der Waals surface area contributed by atoms with Crippen molar-refractivity contribution in [2.75, 3.05) is 32.7 Å². The Kier molecular flexibility index (Phi) is 26.3. The summed E-state index contributed by atoms with van der Waals surface area (Å²) in [5, 5.41) is 40.1. The van der Waals surface area contributed by atoms with E-state index in [-0.39, 0.29) is 50.5 Å². The van der Waals surface area contributed by atoms with Gasteiger partial charge in [-0.15, -0.1) is 0 Å². The molecule has 5 atom stereocenters. The molecule has 9 amide bonds. The average Bonchev–Trinajstić information content (AvgIpc) is 3.29. The van der Waals surface area contributed by atoms with Crippen molar-refractivity contribution in [3.8, 4) is 0 Å². The molecule has 0 heterocycles. The lowest BCUT2D eigenvalue weighted by atomic mass is 10.0. The minimum Gasteiger partial charge on any atom is -0.480 e. The van der Waals surface area contributed by atoms with E-state index in [4.69, 9.17) is 10.2 Å². The van der Waals surface area contributed by atoms with Crippen molar-refractivity contribution >= 4 is 81.3 Å². The number of rotatable bonds is 31. The fourth-order valence-corrected chi connectivity index (χ4v) is 6.79. The molecule has 2 rings (SSSR count). The Labute approximate surface area is 407 Å². The highest BCUT2D eigenvalue weighted by molar-refractivity contribution is 9.08. The number of benzene rings is 2. The Morgan fingerprint density at radius 3 is 1.19 bits per heavy atom. The number of nitrogens with one attached hydrogen (secondary N) is 10. The first-order valence-corrected chi connectivity index (χ1v) is 22.9. The van der Waals surface area contributed by atoms with Gasteiger partial charge in [-0.2, -0.15) is 0 Å². The van der Waals surface area contributed by atoms with Crippen LogP contribution in [0.3, 0.4) is 0 Å². The van der Waals surface area contributed by atoms with Crippen molar-refractivity contribution in [2.24, 2.45) is 11.8 Å². The highest BCUT2D eigenvalue weighted by Gasteiger charge is 2.30. The van der Waals surface area contributed by atoms with Crippen LogP contribution >= 0.6 is 16.1 Å². The van der Waals surface area contributed by atoms with Crippen molar-refractivity contribution in [3.05, 3.63) is 71.8 Å². The Morgan fingerprint density at radius 1 is 0.435 bits per heavy atom. The number of amides is 9. The molecule has 5 unspecified atom stereocenters. The van der Waals surface area contributed by atoms with Crippen LogP contribution in [0.5, 0.6) is 0 Å². The summed E-state index contributed by atoms with van der Waals surface area (Å²) in [5.41, 5.74) is 1.29. The Hall–Kier alpha value is -6.95. The molecule has 0 fully saturated rings. The minimum atomic E-state index is -1.37. The normalized spacial score (nSPS) is 13.0. The summed E-state index contributed by atoms with van der Waals surface area (Å²) < 4.78 is 2.45. The molecule has 12 N–H and O–H groups in total. The Morgan fingerprint density at radius 2 is 0.797 bits per heavy atom. The first kappa shape index (κ1) is 58.2. The van der Waals surface area contributed by atoms with Gasteiger partial charge in [0.1, 0.15) is 43.3 Å². The summed E-state index contributed by atoms with van der Waals surface area (Å²) in [7, 11) is 0. The van der Waals surface area contributed by atoms with Crippen LogP contribution in [-0.4, -0.2) is 138 Å². The molecule has 2 aromatic carbocycles. The molecule has 69 heavy (non-hydrogen) atoms. The number of aliphatic carboxylic acids is 2.